The van der Waals surface area contributed by atoms with Crippen molar-refractivity contribution in [1.82, 2.24) is 5.32 Å². The maximum atomic E-state index is 11.7. The summed E-state index contributed by atoms with van der Waals surface area (Å²) in [5, 5.41) is 2.85. The maximum Gasteiger partial charge on any atom is 0.222 e. The summed E-state index contributed by atoms with van der Waals surface area (Å²) >= 11 is 0. The Kier molecular flexibility index (Phi) is 7.56. The van der Waals surface area contributed by atoms with E-state index >= 15 is 0 Å². The van der Waals surface area contributed by atoms with Crippen molar-refractivity contribution in [3.63, 3.8) is 0 Å². The number of nitrogens with two attached hydrogens (primary N) is 1. The van der Waals surface area contributed by atoms with Crippen molar-refractivity contribution >= 4 is 5.91 Å². The Labute approximate surface area is 125 Å². The lowest BCUT2D eigenvalue weighted by Crippen LogP contribution is -2.33. The molecule has 1 aromatic rings. The number of hydrogen-bond donors (Lipinski definition) is 2. The molecule has 118 valence electrons. The summed E-state index contributed by atoms with van der Waals surface area (Å²) in [6, 6.07) is 5.60. The first-order chi connectivity index (χ1) is 10.1. The smallest absolute Gasteiger partial charge is 0.222 e. The van der Waals surface area contributed by atoms with Gasteiger partial charge in [-0.05, 0) is 30.2 Å². The van der Waals surface area contributed by atoms with Crippen molar-refractivity contribution in [2.45, 2.75) is 18.9 Å². The highest BCUT2D eigenvalue weighted by Crippen LogP contribution is 2.24. The number of amides is 1. The fourth-order valence-electron chi connectivity index (χ4n) is 1.96. The summed E-state index contributed by atoms with van der Waals surface area (Å²) < 4.78 is 15.6. The number of nitrogens with one attached hydrogen (secondary N) is 1. The number of benzene rings is 1. The molecule has 0 spiro atoms. The fourth-order valence-corrected chi connectivity index (χ4v) is 1.96. The molecule has 1 atom stereocenters. The number of methoxy groups -OCH3 is 3. The van der Waals surface area contributed by atoms with E-state index in [1.807, 2.05) is 18.2 Å². The van der Waals surface area contributed by atoms with Crippen LogP contribution in [-0.2, 0) is 16.0 Å². The SMILES string of the molecule is COc1ccc(OC)c(CCNC(=O)CC(CN)OC)c1. The van der Waals surface area contributed by atoms with Crippen LogP contribution in [0.4, 0.5) is 0 Å². The van der Waals surface area contributed by atoms with Gasteiger partial charge >= 0.3 is 0 Å². The lowest BCUT2D eigenvalue weighted by molar-refractivity contribution is -0.123. The van der Waals surface area contributed by atoms with Gasteiger partial charge < -0.3 is 25.3 Å². The summed E-state index contributed by atoms with van der Waals surface area (Å²) in [5.74, 6) is 1.47. The summed E-state index contributed by atoms with van der Waals surface area (Å²) in [7, 11) is 4.78. The van der Waals surface area contributed by atoms with Crippen LogP contribution in [0.1, 0.15) is 12.0 Å². The van der Waals surface area contributed by atoms with Gasteiger partial charge in [-0.2, -0.15) is 0 Å². The van der Waals surface area contributed by atoms with Crippen LogP contribution in [0.5, 0.6) is 11.5 Å². The highest BCUT2D eigenvalue weighted by Gasteiger charge is 2.11. The average Bonchev–Trinajstić information content (AvgIpc) is 2.52. The molecule has 0 aromatic heterocycles. The average molecular weight is 296 g/mol. The molecule has 0 aliphatic rings. The number of carbonyl (C=O) groups is 1. The van der Waals surface area contributed by atoms with E-state index in [4.69, 9.17) is 19.9 Å². The van der Waals surface area contributed by atoms with Crippen LogP contribution in [0, 0.1) is 0 Å². The zero-order valence-electron chi connectivity index (χ0n) is 12.8. The monoisotopic (exact) mass is 296 g/mol. The molecule has 6 heteroatoms. The lowest BCUT2D eigenvalue weighted by atomic mass is 10.1. The number of ether oxygens (including phenoxy) is 3. The molecule has 1 amide bonds. The maximum absolute atomic E-state index is 11.7. The molecular weight excluding hydrogens is 272 g/mol. The highest BCUT2D eigenvalue weighted by molar-refractivity contribution is 5.76. The second-order valence-electron chi connectivity index (χ2n) is 4.58. The lowest BCUT2D eigenvalue weighted by Gasteiger charge is -2.13. The molecule has 3 N–H and O–H groups in total. The third-order valence-electron chi connectivity index (χ3n) is 3.21. The Balaban J connectivity index is 2.49. The Morgan fingerprint density at radius 3 is 2.62 bits per heavy atom. The second kappa shape index (κ2) is 9.20. The van der Waals surface area contributed by atoms with Gasteiger partial charge in [-0.3, -0.25) is 4.79 Å². The van der Waals surface area contributed by atoms with E-state index in [0.717, 1.165) is 17.1 Å². The Hall–Kier alpha value is -1.79. The van der Waals surface area contributed by atoms with Crippen molar-refractivity contribution in [2.24, 2.45) is 5.73 Å². The standard InChI is InChI=1S/C15H24N2O4/c1-19-12-4-5-14(21-3)11(8-12)6-7-17-15(18)9-13(10-16)20-2/h4-5,8,13H,6-7,9-10,16H2,1-3H3,(H,17,18). The predicted octanol–water partition coefficient (Wildman–Crippen LogP) is 0.726. The molecule has 0 fully saturated rings. The van der Waals surface area contributed by atoms with Gasteiger partial charge in [-0.25, -0.2) is 0 Å². The first kappa shape index (κ1) is 17.3. The topological polar surface area (TPSA) is 82.8 Å². The fraction of sp³-hybridized carbons (Fsp3) is 0.533. The van der Waals surface area contributed by atoms with E-state index in [1.54, 1.807) is 21.3 Å². The molecule has 0 bridgehead atoms. The zero-order valence-corrected chi connectivity index (χ0v) is 12.8. The highest BCUT2D eigenvalue weighted by atomic mass is 16.5. The minimum atomic E-state index is -0.239. The van der Waals surface area contributed by atoms with Gasteiger partial charge in [-0.15, -0.1) is 0 Å². The van der Waals surface area contributed by atoms with Crippen LogP contribution >= 0.6 is 0 Å². The van der Waals surface area contributed by atoms with Crippen LogP contribution in [-0.4, -0.2) is 46.4 Å². The quantitative estimate of drug-likeness (QED) is 0.702. The summed E-state index contributed by atoms with van der Waals surface area (Å²) in [6.07, 6.45) is 0.686. The molecule has 0 aliphatic heterocycles. The molecule has 1 aromatic carbocycles. The van der Waals surface area contributed by atoms with Crippen molar-refractivity contribution in [3.8, 4) is 11.5 Å². The minimum absolute atomic E-state index is 0.0748. The third-order valence-corrected chi connectivity index (χ3v) is 3.21. The molecule has 0 saturated carbocycles. The van der Waals surface area contributed by atoms with E-state index < -0.39 is 0 Å². The van der Waals surface area contributed by atoms with Gasteiger partial charge in [0.15, 0.2) is 0 Å². The van der Waals surface area contributed by atoms with Gasteiger partial charge in [0.2, 0.25) is 5.91 Å². The van der Waals surface area contributed by atoms with E-state index in [-0.39, 0.29) is 18.4 Å². The van der Waals surface area contributed by atoms with Crippen LogP contribution in [0.15, 0.2) is 18.2 Å². The number of rotatable bonds is 9. The molecule has 1 unspecified atom stereocenters. The van der Waals surface area contributed by atoms with Crippen molar-refractivity contribution in [2.75, 3.05) is 34.4 Å². The van der Waals surface area contributed by atoms with Crippen molar-refractivity contribution in [1.29, 1.82) is 0 Å². The Morgan fingerprint density at radius 2 is 2.05 bits per heavy atom. The number of carbonyl (C=O) groups excluding carboxylic acids is 1. The molecule has 21 heavy (non-hydrogen) atoms. The van der Waals surface area contributed by atoms with Crippen LogP contribution < -0.4 is 20.5 Å². The van der Waals surface area contributed by atoms with E-state index in [0.29, 0.717) is 19.5 Å². The normalized spacial score (nSPS) is 11.8. The third kappa shape index (κ3) is 5.61. The van der Waals surface area contributed by atoms with Crippen LogP contribution in [0.2, 0.25) is 0 Å². The van der Waals surface area contributed by atoms with Crippen molar-refractivity contribution in [3.05, 3.63) is 23.8 Å². The molecule has 0 saturated heterocycles. The van der Waals surface area contributed by atoms with E-state index in [2.05, 4.69) is 5.32 Å². The zero-order chi connectivity index (χ0) is 15.7. The molecule has 1 rings (SSSR count). The van der Waals surface area contributed by atoms with Gasteiger partial charge in [0, 0.05) is 20.2 Å². The molecule has 6 nitrogen and oxygen atoms in total. The van der Waals surface area contributed by atoms with Crippen LogP contribution in [0.3, 0.4) is 0 Å². The van der Waals surface area contributed by atoms with E-state index in [1.165, 1.54) is 0 Å². The van der Waals surface area contributed by atoms with Gasteiger partial charge in [0.1, 0.15) is 11.5 Å². The second-order valence-corrected chi connectivity index (χ2v) is 4.58. The Bertz CT molecular complexity index is 447. The van der Waals surface area contributed by atoms with Gasteiger partial charge in [0.05, 0.1) is 26.7 Å². The first-order valence-electron chi connectivity index (χ1n) is 6.85. The number of hydrogen-bond acceptors (Lipinski definition) is 5. The molecule has 0 radical (unpaired) electrons. The predicted molar refractivity (Wildman–Crippen MR) is 80.7 cm³/mol. The Morgan fingerprint density at radius 1 is 1.29 bits per heavy atom. The minimum Gasteiger partial charge on any atom is -0.497 e. The summed E-state index contributed by atoms with van der Waals surface area (Å²) in [5.41, 5.74) is 6.47. The van der Waals surface area contributed by atoms with Gasteiger partial charge in [-0.1, -0.05) is 0 Å². The first-order valence-corrected chi connectivity index (χ1v) is 6.85. The van der Waals surface area contributed by atoms with Crippen LogP contribution in [0.25, 0.3) is 0 Å². The summed E-state index contributed by atoms with van der Waals surface area (Å²) in [4.78, 5) is 11.7. The molecule has 0 aliphatic carbocycles. The van der Waals surface area contributed by atoms with E-state index in [9.17, 15) is 4.79 Å². The summed E-state index contributed by atoms with van der Waals surface area (Å²) in [6.45, 7) is 0.844. The molecular formula is C15H24N2O4. The van der Waals surface area contributed by atoms with Crippen molar-refractivity contribution < 1.29 is 19.0 Å². The molecule has 0 heterocycles. The van der Waals surface area contributed by atoms with Gasteiger partial charge in [0.25, 0.3) is 0 Å². The largest absolute Gasteiger partial charge is 0.497 e.